The summed E-state index contributed by atoms with van der Waals surface area (Å²) in [6.45, 7) is 0.864. The number of halogens is 3. The average molecular weight is 371 g/mol. The number of hydrogen-bond donors (Lipinski definition) is 1. The summed E-state index contributed by atoms with van der Waals surface area (Å²) in [5.74, 6) is 0.0245. The summed E-state index contributed by atoms with van der Waals surface area (Å²) in [6.07, 6.45) is 1.69. The second-order valence-corrected chi connectivity index (χ2v) is 6.46. The first-order valence-electron chi connectivity index (χ1n) is 6.92. The number of rotatable bonds is 6. The van der Waals surface area contributed by atoms with E-state index in [-0.39, 0.29) is 10.8 Å². The summed E-state index contributed by atoms with van der Waals surface area (Å²) in [6, 6.07) is 13.3. The second kappa shape index (κ2) is 7.92. The molecule has 4 heteroatoms. The van der Waals surface area contributed by atoms with Gasteiger partial charge < -0.3 is 5.32 Å². The van der Waals surface area contributed by atoms with Gasteiger partial charge in [0.25, 0.3) is 0 Å². The highest BCUT2D eigenvalue weighted by atomic mass is 79.9. The first kappa shape index (κ1) is 16.5. The first-order chi connectivity index (χ1) is 10.1. The highest BCUT2D eigenvalue weighted by Gasteiger charge is 2.14. The second-order valence-electron chi connectivity index (χ2n) is 5.17. The molecule has 0 aliphatic rings. The van der Waals surface area contributed by atoms with E-state index in [0.29, 0.717) is 5.92 Å². The molecule has 1 unspecified atom stereocenters. The Labute approximate surface area is 138 Å². The maximum Gasteiger partial charge on any atom is 0.142 e. The van der Waals surface area contributed by atoms with Gasteiger partial charge in [-0.05, 0) is 61.7 Å². The van der Waals surface area contributed by atoms with Crippen molar-refractivity contribution in [3.63, 3.8) is 0 Å². The number of hydrogen-bond acceptors (Lipinski definition) is 1. The molecule has 0 heterocycles. The van der Waals surface area contributed by atoms with E-state index in [2.05, 4.69) is 33.4 Å². The fraction of sp³-hybridized carbons (Fsp3) is 0.294. The zero-order chi connectivity index (χ0) is 15.2. The molecular formula is C17H18BrClFN. The van der Waals surface area contributed by atoms with Gasteiger partial charge in [0, 0.05) is 4.47 Å². The number of benzene rings is 2. The van der Waals surface area contributed by atoms with Gasteiger partial charge in [-0.15, -0.1) is 0 Å². The fourth-order valence-electron chi connectivity index (χ4n) is 2.48. The zero-order valence-electron chi connectivity index (χ0n) is 11.9. The van der Waals surface area contributed by atoms with Gasteiger partial charge in [-0.25, -0.2) is 4.39 Å². The van der Waals surface area contributed by atoms with Crippen molar-refractivity contribution < 1.29 is 4.39 Å². The predicted molar refractivity (Wildman–Crippen MR) is 90.4 cm³/mol. The molecule has 0 aliphatic heterocycles. The molecule has 21 heavy (non-hydrogen) atoms. The number of nitrogens with one attached hydrogen (secondary N) is 1. The van der Waals surface area contributed by atoms with Crippen LogP contribution >= 0.6 is 27.5 Å². The van der Waals surface area contributed by atoms with Gasteiger partial charge in [-0.3, -0.25) is 0 Å². The minimum absolute atomic E-state index is 0.245. The maximum atomic E-state index is 13.5. The van der Waals surface area contributed by atoms with Gasteiger partial charge >= 0.3 is 0 Å². The van der Waals surface area contributed by atoms with Gasteiger partial charge in [0.05, 0.1) is 5.02 Å². The van der Waals surface area contributed by atoms with Crippen molar-refractivity contribution in [2.45, 2.75) is 12.8 Å². The highest BCUT2D eigenvalue weighted by Crippen LogP contribution is 2.24. The molecule has 0 radical (unpaired) electrons. The minimum atomic E-state index is -0.346. The molecule has 0 saturated heterocycles. The summed E-state index contributed by atoms with van der Waals surface area (Å²) < 4.78 is 14.6. The Morgan fingerprint density at radius 1 is 1.14 bits per heavy atom. The largest absolute Gasteiger partial charge is 0.319 e. The van der Waals surface area contributed by atoms with Crippen molar-refractivity contribution in [1.82, 2.24) is 5.32 Å². The molecule has 1 nitrogen and oxygen atoms in total. The molecule has 2 aromatic rings. The smallest absolute Gasteiger partial charge is 0.142 e. The molecule has 1 N–H and O–H groups in total. The van der Waals surface area contributed by atoms with Crippen LogP contribution in [0.15, 0.2) is 46.9 Å². The van der Waals surface area contributed by atoms with E-state index in [0.717, 1.165) is 29.4 Å². The van der Waals surface area contributed by atoms with E-state index in [1.165, 1.54) is 11.6 Å². The molecule has 2 rings (SSSR count). The van der Waals surface area contributed by atoms with Crippen molar-refractivity contribution in [3.05, 3.63) is 68.9 Å². The van der Waals surface area contributed by atoms with Crippen LogP contribution in [-0.2, 0) is 12.8 Å². The Balaban J connectivity index is 2.11. The Morgan fingerprint density at radius 2 is 1.86 bits per heavy atom. The van der Waals surface area contributed by atoms with Crippen molar-refractivity contribution in [2.24, 2.45) is 5.92 Å². The zero-order valence-corrected chi connectivity index (χ0v) is 14.2. The van der Waals surface area contributed by atoms with Crippen molar-refractivity contribution in [2.75, 3.05) is 13.6 Å². The van der Waals surface area contributed by atoms with Gasteiger partial charge in [0.2, 0.25) is 0 Å². The SMILES string of the molecule is CNCC(Cc1ccc(Br)cc1)Cc1cccc(F)c1Cl. The highest BCUT2D eigenvalue weighted by molar-refractivity contribution is 9.10. The van der Waals surface area contributed by atoms with Crippen LogP contribution in [-0.4, -0.2) is 13.6 Å². The van der Waals surface area contributed by atoms with Crippen LogP contribution in [0.2, 0.25) is 5.02 Å². The third-order valence-corrected chi connectivity index (χ3v) is 4.42. The van der Waals surface area contributed by atoms with E-state index >= 15 is 0 Å². The van der Waals surface area contributed by atoms with Gasteiger partial charge in [0.1, 0.15) is 5.82 Å². The Bertz CT molecular complexity index is 586. The molecule has 2 aromatic carbocycles. The summed E-state index contributed by atoms with van der Waals surface area (Å²) in [5, 5.41) is 3.45. The van der Waals surface area contributed by atoms with E-state index in [4.69, 9.17) is 11.6 Å². The van der Waals surface area contributed by atoms with Crippen LogP contribution < -0.4 is 5.32 Å². The Kier molecular flexibility index (Phi) is 6.22. The Hall–Kier alpha value is -0.900. The predicted octanol–water partition coefficient (Wildman–Crippen LogP) is 4.86. The van der Waals surface area contributed by atoms with Gasteiger partial charge in [0.15, 0.2) is 0 Å². The summed E-state index contributed by atoms with van der Waals surface area (Å²) in [5.41, 5.74) is 2.14. The van der Waals surface area contributed by atoms with Crippen LogP contribution in [0.5, 0.6) is 0 Å². The van der Waals surface area contributed by atoms with Crippen LogP contribution in [0.25, 0.3) is 0 Å². The summed E-state index contributed by atoms with van der Waals surface area (Å²) in [7, 11) is 1.93. The molecule has 1 atom stereocenters. The maximum absolute atomic E-state index is 13.5. The van der Waals surface area contributed by atoms with Crippen molar-refractivity contribution in [1.29, 1.82) is 0 Å². The van der Waals surface area contributed by atoms with Gasteiger partial charge in [-0.2, -0.15) is 0 Å². The van der Waals surface area contributed by atoms with Crippen LogP contribution in [0.4, 0.5) is 4.39 Å². The van der Waals surface area contributed by atoms with Gasteiger partial charge in [-0.1, -0.05) is 51.8 Å². The van der Waals surface area contributed by atoms with Crippen molar-refractivity contribution in [3.8, 4) is 0 Å². The molecule has 0 saturated carbocycles. The first-order valence-corrected chi connectivity index (χ1v) is 8.09. The molecule has 0 spiro atoms. The van der Waals surface area contributed by atoms with E-state index in [1.807, 2.05) is 25.2 Å². The molecule has 0 aromatic heterocycles. The third-order valence-electron chi connectivity index (χ3n) is 3.47. The lowest BCUT2D eigenvalue weighted by atomic mass is 9.92. The molecule has 0 bridgehead atoms. The van der Waals surface area contributed by atoms with E-state index < -0.39 is 0 Å². The third kappa shape index (κ3) is 4.80. The fourth-order valence-corrected chi connectivity index (χ4v) is 2.94. The minimum Gasteiger partial charge on any atom is -0.319 e. The van der Waals surface area contributed by atoms with Crippen LogP contribution in [0, 0.1) is 11.7 Å². The Morgan fingerprint density at radius 3 is 2.52 bits per heavy atom. The van der Waals surface area contributed by atoms with Crippen LogP contribution in [0.1, 0.15) is 11.1 Å². The lowest BCUT2D eigenvalue weighted by molar-refractivity contribution is 0.492. The molecule has 0 amide bonds. The average Bonchev–Trinajstić information content (AvgIpc) is 2.46. The standard InChI is InChI=1S/C17H18BrClFN/c1-21-11-13(9-12-5-7-15(18)8-6-12)10-14-3-2-4-16(20)17(14)19/h2-8,13,21H,9-11H2,1H3. The molecule has 0 fully saturated rings. The van der Waals surface area contributed by atoms with E-state index in [9.17, 15) is 4.39 Å². The molecule has 112 valence electrons. The molecular weight excluding hydrogens is 353 g/mol. The topological polar surface area (TPSA) is 12.0 Å². The van der Waals surface area contributed by atoms with E-state index in [1.54, 1.807) is 6.07 Å². The molecule has 0 aliphatic carbocycles. The summed E-state index contributed by atoms with van der Waals surface area (Å²) >= 11 is 9.50. The summed E-state index contributed by atoms with van der Waals surface area (Å²) in [4.78, 5) is 0. The normalized spacial score (nSPS) is 12.4. The quantitative estimate of drug-likeness (QED) is 0.765. The van der Waals surface area contributed by atoms with Crippen LogP contribution in [0.3, 0.4) is 0 Å². The lowest BCUT2D eigenvalue weighted by Gasteiger charge is -2.18. The van der Waals surface area contributed by atoms with Crippen molar-refractivity contribution >= 4 is 27.5 Å². The lowest BCUT2D eigenvalue weighted by Crippen LogP contribution is -2.23. The monoisotopic (exact) mass is 369 g/mol.